The smallest absolute Gasteiger partial charge is 0.240 e. The summed E-state index contributed by atoms with van der Waals surface area (Å²) in [5, 5.41) is 2.49. The Labute approximate surface area is 178 Å². The van der Waals surface area contributed by atoms with Crippen LogP contribution >= 0.6 is 0 Å². The van der Waals surface area contributed by atoms with E-state index in [9.17, 15) is 17.6 Å². The third kappa shape index (κ3) is 6.39. The van der Waals surface area contributed by atoms with E-state index in [1.807, 2.05) is 18.7 Å². The number of morpholine rings is 1. The van der Waals surface area contributed by atoms with Crippen molar-refractivity contribution in [2.75, 3.05) is 29.1 Å². The number of rotatable bonds is 6. The van der Waals surface area contributed by atoms with E-state index in [1.54, 1.807) is 12.1 Å². The maximum Gasteiger partial charge on any atom is 0.240 e. The Balaban J connectivity index is 1.56. The van der Waals surface area contributed by atoms with E-state index in [-0.39, 0.29) is 23.9 Å². The number of sulfonamides is 1. The SMILES string of the molecule is CC1CCC(NS(=O)(=O)CC(=O)Nc2ccc(N3CC(C)OC(C)C3)c(F)c2)CC1. The largest absolute Gasteiger partial charge is 0.372 e. The van der Waals surface area contributed by atoms with Gasteiger partial charge in [0.15, 0.2) is 0 Å². The van der Waals surface area contributed by atoms with Gasteiger partial charge in [-0.05, 0) is 63.6 Å². The number of halogens is 1. The van der Waals surface area contributed by atoms with Crippen molar-refractivity contribution in [2.45, 2.75) is 64.7 Å². The molecule has 2 aliphatic rings. The van der Waals surface area contributed by atoms with Crippen LogP contribution < -0.4 is 14.9 Å². The van der Waals surface area contributed by atoms with Crippen molar-refractivity contribution in [3.8, 4) is 0 Å². The van der Waals surface area contributed by atoms with Crippen molar-refractivity contribution in [1.29, 1.82) is 0 Å². The molecule has 2 N–H and O–H groups in total. The molecule has 0 aromatic heterocycles. The average Bonchev–Trinajstić information content (AvgIpc) is 2.62. The summed E-state index contributed by atoms with van der Waals surface area (Å²) < 4.78 is 47.6. The third-order valence-electron chi connectivity index (χ3n) is 5.67. The van der Waals surface area contributed by atoms with Crippen LogP contribution in [0.5, 0.6) is 0 Å². The van der Waals surface area contributed by atoms with Crippen LogP contribution in [0.1, 0.15) is 46.5 Å². The number of nitrogens with zero attached hydrogens (tertiary/aromatic N) is 1. The van der Waals surface area contributed by atoms with E-state index >= 15 is 0 Å². The zero-order valence-corrected chi connectivity index (χ0v) is 18.7. The number of amides is 1. The minimum Gasteiger partial charge on any atom is -0.372 e. The Morgan fingerprint density at radius 2 is 1.77 bits per heavy atom. The van der Waals surface area contributed by atoms with Gasteiger partial charge < -0.3 is 15.0 Å². The summed E-state index contributed by atoms with van der Waals surface area (Å²) >= 11 is 0. The molecule has 2 atom stereocenters. The summed E-state index contributed by atoms with van der Waals surface area (Å²) in [5.41, 5.74) is 0.674. The van der Waals surface area contributed by atoms with Crippen molar-refractivity contribution < 1.29 is 22.3 Å². The van der Waals surface area contributed by atoms with Crippen LogP contribution in [0.2, 0.25) is 0 Å². The van der Waals surface area contributed by atoms with Gasteiger partial charge in [0.1, 0.15) is 11.6 Å². The van der Waals surface area contributed by atoms with Gasteiger partial charge in [-0.2, -0.15) is 0 Å². The molecule has 2 fully saturated rings. The van der Waals surface area contributed by atoms with Crippen LogP contribution in [0.15, 0.2) is 18.2 Å². The van der Waals surface area contributed by atoms with Crippen molar-refractivity contribution in [2.24, 2.45) is 5.92 Å². The molecule has 3 rings (SSSR count). The maximum atomic E-state index is 14.7. The molecule has 0 spiro atoms. The van der Waals surface area contributed by atoms with Gasteiger partial charge in [0.25, 0.3) is 0 Å². The molecule has 1 heterocycles. The predicted octanol–water partition coefficient (Wildman–Crippen LogP) is 2.88. The molecule has 1 aromatic rings. The van der Waals surface area contributed by atoms with Crippen LogP contribution in [-0.4, -0.2) is 51.4 Å². The lowest BCUT2D eigenvalue weighted by Crippen LogP contribution is -2.45. The third-order valence-corrected chi connectivity index (χ3v) is 7.01. The molecule has 7 nitrogen and oxygen atoms in total. The normalized spacial score (nSPS) is 27.7. The predicted molar refractivity (Wildman–Crippen MR) is 116 cm³/mol. The molecule has 1 saturated heterocycles. The molecule has 1 amide bonds. The highest BCUT2D eigenvalue weighted by Crippen LogP contribution is 2.26. The van der Waals surface area contributed by atoms with E-state index < -0.39 is 27.5 Å². The van der Waals surface area contributed by atoms with E-state index in [4.69, 9.17) is 4.74 Å². The summed E-state index contributed by atoms with van der Waals surface area (Å²) in [6, 6.07) is 4.30. The first kappa shape index (κ1) is 23.0. The second-order valence-electron chi connectivity index (χ2n) is 8.71. The molecule has 0 bridgehead atoms. The minimum atomic E-state index is -3.74. The molecular weight excluding hydrogens is 409 g/mol. The number of ether oxygens (including phenoxy) is 1. The lowest BCUT2D eigenvalue weighted by molar-refractivity contribution is -0.113. The van der Waals surface area contributed by atoms with Crippen LogP contribution in [0, 0.1) is 11.7 Å². The zero-order chi connectivity index (χ0) is 21.9. The van der Waals surface area contributed by atoms with Gasteiger partial charge in [-0.15, -0.1) is 0 Å². The molecule has 9 heteroatoms. The Morgan fingerprint density at radius 3 is 2.37 bits per heavy atom. The van der Waals surface area contributed by atoms with Crippen LogP contribution in [0.3, 0.4) is 0 Å². The van der Waals surface area contributed by atoms with Crippen molar-refractivity contribution in [3.63, 3.8) is 0 Å². The molecule has 0 radical (unpaired) electrons. The van der Waals surface area contributed by atoms with E-state index in [2.05, 4.69) is 17.0 Å². The van der Waals surface area contributed by atoms with Crippen molar-refractivity contribution in [3.05, 3.63) is 24.0 Å². The number of carbonyl (C=O) groups excluding carboxylic acids is 1. The Kier molecular flexibility index (Phi) is 7.36. The Morgan fingerprint density at radius 1 is 1.13 bits per heavy atom. The maximum absolute atomic E-state index is 14.7. The van der Waals surface area contributed by atoms with Gasteiger partial charge >= 0.3 is 0 Å². The van der Waals surface area contributed by atoms with Crippen LogP contribution in [0.25, 0.3) is 0 Å². The number of hydrogen-bond acceptors (Lipinski definition) is 5. The highest BCUT2D eigenvalue weighted by Gasteiger charge is 2.26. The summed E-state index contributed by atoms with van der Waals surface area (Å²) in [6.07, 6.45) is 3.52. The van der Waals surface area contributed by atoms with E-state index in [0.717, 1.165) is 25.7 Å². The van der Waals surface area contributed by atoms with Crippen molar-refractivity contribution in [1.82, 2.24) is 4.72 Å². The summed E-state index contributed by atoms with van der Waals surface area (Å²) in [5.74, 6) is -1.23. The first-order chi connectivity index (χ1) is 14.1. The fraction of sp³-hybridized carbons (Fsp3) is 0.667. The molecule has 1 saturated carbocycles. The number of carbonyl (C=O) groups is 1. The summed E-state index contributed by atoms with van der Waals surface area (Å²) in [6.45, 7) is 7.20. The summed E-state index contributed by atoms with van der Waals surface area (Å²) in [7, 11) is -3.74. The second kappa shape index (κ2) is 9.62. The first-order valence-corrected chi connectivity index (χ1v) is 12.3. The number of hydrogen-bond donors (Lipinski definition) is 2. The molecule has 1 aliphatic carbocycles. The number of benzene rings is 1. The Bertz CT molecular complexity index is 846. The van der Waals surface area contributed by atoms with E-state index in [1.165, 1.54) is 6.07 Å². The standard InChI is InChI=1S/C21H32FN3O4S/c1-14-4-6-17(7-5-14)24-30(27,28)13-21(26)23-18-8-9-20(19(22)10-18)25-11-15(2)29-16(3)12-25/h8-10,14-17,24H,4-7,11-13H2,1-3H3,(H,23,26). The average molecular weight is 442 g/mol. The van der Waals surface area contributed by atoms with Crippen molar-refractivity contribution >= 4 is 27.3 Å². The molecule has 30 heavy (non-hydrogen) atoms. The van der Waals surface area contributed by atoms with E-state index in [0.29, 0.717) is 24.7 Å². The molecule has 2 unspecified atom stereocenters. The highest BCUT2D eigenvalue weighted by atomic mass is 32.2. The first-order valence-electron chi connectivity index (χ1n) is 10.6. The second-order valence-corrected chi connectivity index (χ2v) is 10.5. The quantitative estimate of drug-likeness (QED) is 0.709. The lowest BCUT2D eigenvalue weighted by Gasteiger charge is -2.37. The topological polar surface area (TPSA) is 87.7 Å². The zero-order valence-electron chi connectivity index (χ0n) is 17.9. The van der Waals surface area contributed by atoms with Gasteiger partial charge in [-0.3, -0.25) is 4.79 Å². The van der Waals surface area contributed by atoms with Gasteiger partial charge in [0, 0.05) is 24.8 Å². The minimum absolute atomic E-state index is 0.00221. The van der Waals surface area contributed by atoms with Crippen LogP contribution in [-0.2, 0) is 19.6 Å². The lowest BCUT2D eigenvalue weighted by atomic mass is 9.88. The Hall–Kier alpha value is -1.71. The summed E-state index contributed by atoms with van der Waals surface area (Å²) in [4.78, 5) is 14.1. The van der Waals surface area contributed by atoms with Crippen LogP contribution in [0.4, 0.5) is 15.8 Å². The van der Waals surface area contributed by atoms with Gasteiger partial charge in [0.05, 0.1) is 17.9 Å². The monoisotopic (exact) mass is 441 g/mol. The number of nitrogens with one attached hydrogen (secondary N) is 2. The van der Waals surface area contributed by atoms with Gasteiger partial charge in [-0.25, -0.2) is 17.5 Å². The fourth-order valence-electron chi connectivity index (χ4n) is 4.26. The fourth-order valence-corrected chi connectivity index (χ4v) is 5.50. The van der Waals surface area contributed by atoms with Gasteiger partial charge in [0.2, 0.25) is 15.9 Å². The van der Waals surface area contributed by atoms with Gasteiger partial charge in [-0.1, -0.05) is 6.92 Å². The molecule has 1 aromatic carbocycles. The highest BCUT2D eigenvalue weighted by molar-refractivity contribution is 7.90. The molecule has 1 aliphatic heterocycles. The molecule has 168 valence electrons. The number of anilines is 2. The molecular formula is C21H32FN3O4S.